The molecule has 0 aliphatic rings. The van der Waals surface area contributed by atoms with E-state index < -0.39 is 0 Å². The minimum atomic E-state index is -0.251. The molecular weight excluding hydrogens is 279 g/mol. The van der Waals surface area contributed by atoms with E-state index >= 15 is 0 Å². The molecule has 0 radical (unpaired) electrons. The van der Waals surface area contributed by atoms with Crippen molar-refractivity contribution in [2.75, 3.05) is 11.1 Å². The Hall–Kier alpha value is -1.82. The fraction of sp³-hybridized carbons (Fsp3) is 0.286. The van der Waals surface area contributed by atoms with E-state index in [1.54, 1.807) is 31.2 Å². The molecule has 1 atom stereocenters. The number of aryl methyl sites for hydroxylation is 1. The van der Waals surface area contributed by atoms with Gasteiger partial charge in [0.15, 0.2) is 0 Å². The first-order valence-corrected chi connectivity index (χ1v) is 7.20. The van der Waals surface area contributed by atoms with Crippen LogP contribution in [0.2, 0.25) is 0 Å². The van der Waals surface area contributed by atoms with Crippen LogP contribution in [0, 0.1) is 12.7 Å². The van der Waals surface area contributed by atoms with Crippen LogP contribution in [0.3, 0.4) is 0 Å². The molecule has 2 aromatic rings. The molecule has 0 unspecified atom stereocenters. The molecule has 0 fully saturated rings. The Morgan fingerprint density at radius 1 is 1.50 bits per heavy atom. The predicted molar refractivity (Wildman–Crippen MR) is 77.1 cm³/mol. The molecule has 0 spiro atoms. The molecule has 2 rings (SSSR count). The van der Waals surface area contributed by atoms with Crippen molar-refractivity contribution in [3.05, 3.63) is 47.4 Å². The maximum absolute atomic E-state index is 13.6. The first-order valence-electron chi connectivity index (χ1n) is 6.15. The van der Waals surface area contributed by atoms with Gasteiger partial charge in [-0.25, -0.2) is 4.39 Å². The number of carbonyl (C=O) groups excluding carboxylic acids is 1. The highest BCUT2D eigenvalue weighted by Crippen LogP contribution is 2.29. The highest BCUT2D eigenvalue weighted by molar-refractivity contribution is 8.00. The number of nitrogens with one attached hydrogen (secondary N) is 1. The van der Waals surface area contributed by atoms with Gasteiger partial charge < -0.3 is 4.52 Å². The van der Waals surface area contributed by atoms with E-state index in [-0.39, 0.29) is 22.7 Å². The minimum Gasteiger partial charge on any atom is -0.338 e. The van der Waals surface area contributed by atoms with E-state index in [9.17, 15) is 9.18 Å². The minimum absolute atomic E-state index is 0.0987. The highest BCUT2D eigenvalue weighted by Gasteiger charge is 2.13. The van der Waals surface area contributed by atoms with Crippen LogP contribution < -0.4 is 5.32 Å². The van der Waals surface area contributed by atoms with E-state index in [0.29, 0.717) is 17.1 Å². The number of nitrogens with zero attached hydrogens (tertiary/aromatic N) is 1. The third kappa shape index (κ3) is 3.84. The van der Waals surface area contributed by atoms with Crippen LogP contribution in [-0.2, 0) is 4.79 Å². The van der Waals surface area contributed by atoms with Gasteiger partial charge in [-0.3, -0.25) is 10.1 Å². The number of halogens is 1. The third-order valence-corrected chi connectivity index (χ3v) is 3.88. The van der Waals surface area contributed by atoms with Crippen molar-refractivity contribution in [1.29, 1.82) is 0 Å². The van der Waals surface area contributed by atoms with Crippen LogP contribution in [0.1, 0.15) is 23.4 Å². The molecule has 1 N–H and O–H groups in total. The predicted octanol–water partition coefficient (Wildman–Crippen LogP) is 3.56. The fourth-order valence-corrected chi connectivity index (χ4v) is 2.54. The normalized spacial score (nSPS) is 12.2. The lowest BCUT2D eigenvalue weighted by molar-refractivity contribution is -0.113. The molecule has 0 aliphatic carbocycles. The number of benzene rings is 1. The van der Waals surface area contributed by atoms with Gasteiger partial charge in [-0.15, -0.1) is 11.8 Å². The van der Waals surface area contributed by atoms with Crippen LogP contribution in [0.5, 0.6) is 0 Å². The number of rotatable bonds is 5. The van der Waals surface area contributed by atoms with Crippen LogP contribution in [0.25, 0.3) is 0 Å². The van der Waals surface area contributed by atoms with Crippen molar-refractivity contribution < 1.29 is 13.7 Å². The monoisotopic (exact) mass is 294 g/mol. The van der Waals surface area contributed by atoms with Crippen molar-refractivity contribution in [1.82, 2.24) is 5.16 Å². The van der Waals surface area contributed by atoms with E-state index in [1.807, 2.05) is 6.92 Å². The third-order valence-electron chi connectivity index (χ3n) is 2.70. The number of hydrogen-bond donors (Lipinski definition) is 1. The number of carbonyl (C=O) groups is 1. The zero-order valence-electron chi connectivity index (χ0n) is 11.2. The van der Waals surface area contributed by atoms with Crippen LogP contribution in [0.15, 0.2) is 34.9 Å². The Balaban J connectivity index is 1.85. The number of thioether (sulfide) groups is 1. The fourth-order valence-electron chi connectivity index (χ4n) is 1.69. The molecule has 1 aromatic carbocycles. The summed E-state index contributed by atoms with van der Waals surface area (Å²) in [6.07, 6.45) is 0. The smallest absolute Gasteiger partial charge is 0.236 e. The van der Waals surface area contributed by atoms with Crippen molar-refractivity contribution in [2.45, 2.75) is 19.1 Å². The number of amides is 1. The Morgan fingerprint density at radius 3 is 2.90 bits per heavy atom. The molecule has 106 valence electrons. The van der Waals surface area contributed by atoms with E-state index in [2.05, 4.69) is 10.5 Å². The van der Waals surface area contributed by atoms with Crippen LogP contribution in [-0.4, -0.2) is 16.8 Å². The summed E-state index contributed by atoms with van der Waals surface area (Å²) in [6, 6.07) is 8.22. The molecule has 0 saturated heterocycles. The zero-order chi connectivity index (χ0) is 14.5. The first-order chi connectivity index (χ1) is 9.56. The largest absolute Gasteiger partial charge is 0.338 e. The number of aromatic nitrogens is 1. The van der Waals surface area contributed by atoms with Crippen LogP contribution in [0.4, 0.5) is 10.3 Å². The van der Waals surface area contributed by atoms with Crippen molar-refractivity contribution in [3.8, 4) is 0 Å². The van der Waals surface area contributed by atoms with Crippen LogP contribution >= 0.6 is 11.8 Å². The summed E-state index contributed by atoms with van der Waals surface area (Å²) < 4.78 is 18.5. The maximum Gasteiger partial charge on any atom is 0.236 e. The van der Waals surface area contributed by atoms with Gasteiger partial charge in [0.2, 0.25) is 11.8 Å². The quantitative estimate of drug-likeness (QED) is 0.916. The van der Waals surface area contributed by atoms with E-state index in [4.69, 9.17) is 4.52 Å². The summed E-state index contributed by atoms with van der Waals surface area (Å²) >= 11 is 1.36. The molecule has 1 aromatic heterocycles. The summed E-state index contributed by atoms with van der Waals surface area (Å²) in [6.45, 7) is 3.64. The summed E-state index contributed by atoms with van der Waals surface area (Å²) in [4.78, 5) is 11.7. The molecule has 0 bridgehead atoms. The second-order valence-electron chi connectivity index (χ2n) is 4.36. The summed E-state index contributed by atoms with van der Waals surface area (Å²) in [5, 5.41) is 6.18. The first kappa shape index (κ1) is 14.6. The lowest BCUT2D eigenvalue weighted by Gasteiger charge is -2.11. The van der Waals surface area contributed by atoms with Gasteiger partial charge in [-0.2, -0.15) is 0 Å². The SMILES string of the molecule is Cc1cc(NC(=O)CS[C@@H](C)c2ccccc2F)on1. The van der Waals surface area contributed by atoms with Gasteiger partial charge in [0.25, 0.3) is 0 Å². The van der Waals surface area contributed by atoms with Gasteiger partial charge in [0, 0.05) is 16.9 Å². The molecule has 0 saturated carbocycles. The second-order valence-corrected chi connectivity index (χ2v) is 5.68. The Bertz CT molecular complexity index is 600. The van der Waals surface area contributed by atoms with E-state index in [1.165, 1.54) is 17.8 Å². The second kappa shape index (κ2) is 6.56. The highest BCUT2D eigenvalue weighted by atomic mass is 32.2. The van der Waals surface area contributed by atoms with E-state index in [0.717, 1.165) is 0 Å². The average Bonchev–Trinajstić information content (AvgIpc) is 2.82. The lowest BCUT2D eigenvalue weighted by Crippen LogP contribution is -2.14. The molecule has 1 amide bonds. The number of anilines is 1. The molecule has 20 heavy (non-hydrogen) atoms. The Kier molecular flexibility index (Phi) is 4.79. The molecule has 0 aliphatic heterocycles. The van der Waals surface area contributed by atoms with Gasteiger partial charge in [-0.1, -0.05) is 23.4 Å². The Labute approximate surface area is 120 Å². The van der Waals surface area contributed by atoms with Crippen molar-refractivity contribution in [3.63, 3.8) is 0 Å². The van der Waals surface area contributed by atoms with Gasteiger partial charge >= 0.3 is 0 Å². The molecule has 4 nitrogen and oxygen atoms in total. The van der Waals surface area contributed by atoms with Gasteiger partial charge in [0.1, 0.15) is 5.82 Å². The topological polar surface area (TPSA) is 55.1 Å². The lowest BCUT2D eigenvalue weighted by atomic mass is 10.1. The standard InChI is InChI=1S/C14H15FN2O2S/c1-9-7-14(19-17-9)16-13(18)8-20-10(2)11-5-3-4-6-12(11)15/h3-7,10H,8H2,1-2H3,(H,16,18)/t10-/m0/s1. The molecule has 6 heteroatoms. The average molecular weight is 294 g/mol. The van der Waals surface area contributed by atoms with Crippen molar-refractivity contribution >= 4 is 23.6 Å². The van der Waals surface area contributed by atoms with Crippen molar-refractivity contribution in [2.24, 2.45) is 0 Å². The molecule has 1 heterocycles. The summed E-state index contributed by atoms with van der Waals surface area (Å²) in [7, 11) is 0. The van der Waals surface area contributed by atoms with Gasteiger partial charge in [0.05, 0.1) is 11.4 Å². The Morgan fingerprint density at radius 2 is 2.25 bits per heavy atom. The summed E-state index contributed by atoms with van der Waals surface area (Å²) in [5.74, 6) is 0.0923. The van der Waals surface area contributed by atoms with Gasteiger partial charge in [-0.05, 0) is 19.9 Å². The molecular formula is C14H15FN2O2S. The maximum atomic E-state index is 13.6. The summed E-state index contributed by atoms with van der Waals surface area (Å²) in [5.41, 5.74) is 1.30. The zero-order valence-corrected chi connectivity index (χ0v) is 12.0. The number of hydrogen-bond acceptors (Lipinski definition) is 4.